The van der Waals surface area contributed by atoms with Crippen LogP contribution in [0.2, 0.25) is 0 Å². The Morgan fingerprint density at radius 1 is 1.10 bits per heavy atom. The van der Waals surface area contributed by atoms with E-state index in [0.717, 1.165) is 23.0 Å². The summed E-state index contributed by atoms with van der Waals surface area (Å²) in [5.41, 5.74) is 3.14. The van der Waals surface area contributed by atoms with Crippen molar-refractivity contribution in [3.05, 3.63) is 71.9 Å². The first kappa shape index (κ1) is 13.4. The Morgan fingerprint density at radius 2 is 1.76 bits per heavy atom. The molecule has 0 aliphatic carbocycles. The zero-order valence-corrected chi connectivity index (χ0v) is 11.9. The Labute approximate surface area is 123 Å². The molecule has 0 bridgehead atoms. The molecule has 0 saturated heterocycles. The lowest BCUT2D eigenvalue weighted by atomic mass is 10.0. The molecular formula is C18H17NO2. The van der Waals surface area contributed by atoms with Gasteiger partial charge >= 0.3 is 5.97 Å². The molecule has 0 saturated carbocycles. The summed E-state index contributed by atoms with van der Waals surface area (Å²) in [5.74, 6) is -1.30. The number of fused-ring (bicyclic) bond motifs is 1. The van der Waals surface area contributed by atoms with E-state index in [1.807, 2.05) is 48.7 Å². The molecule has 0 aliphatic heterocycles. The molecule has 0 aliphatic rings. The number of benzene rings is 2. The second kappa shape index (κ2) is 5.44. The number of carbonyl (C=O) groups is 1. The Morgan fingerprint density at radius 3 is 2.48 bits per heavy atom. The molecule has 3 aromatic rings. The van der Waals surface area contributed by atoms with Crippen LogP contribution in [0.25, 0.3) is 10.9 Å². The van der Waals surface area contributed by atoms with E-state index < -0.39 is 11.9 Å². The van der Waals surface area contributed by atoms with Gasteiger partial charge in [0.15, 0.2) is 0 Å². The van der Waals surface area contributed by atoms with Crippen LogP contribution in [0.3, 0.4) is 0 Å². The first-order valence-electron chi connectivity index (χ1n) is 7.01. The monoisotopic (exact) mass is 279 g/mol. The van der Waals surface area contributed by atoms with Crippen LogP contribution in [0.15, 0.2) is 60.8 Å². The number of carboxylic acids is 1. The summed E-state index contributed by atoms with van der Waals surface area (Å²) in [4.78, 5) is 11.3. The summed E-state index contributed by atoms with van der Waals surface area (Å²) in [6.07, 6.45) is 1.97. The average molecular weight is 279 g/mol. The van der Waals surface area contributed by atoms with E-state index in [1.165, 1.54) is 5.56 Å². The topological polar surface area (TPSA) is 42.2 Å². The minimum atomic E-state index is -0.794. The fourth-order valence-corrected chi connectivity index (χ4v) is 2.66. The maximum Gasteiger partial charge on any atom is 0.310 e. The lowest BCUT2D eigenvalue weighted by Gasteiger charge is -2.05. The van der Waals surface area contributed by atoms with Crippen LogP contribution in [0.1, 0.15) is 24.0 Å². The normalized spacial score (nSPS) is 12.4. The summed E-state index contributed by atoms with van der Waals surface area (Å²) in [6, 6.07) is 18.2. The van der Waals surface area contributed by atoms with Gasteiger partial charge in [-0.3, -0.25) is 4.79 Å². The number of hydrogen-bond donors (Lipinski definition) is 1. The van der Waals surface area contributed by atoms with Crippen molar-refractivity contribution in [1.82, 2.24) is 4.57 Å². The number of aliphatic carboxylic acids is 1. The maximum atomic E-state index is 11.3. The molecule has 21 heavy (non-hydrogen) atoms. The predicted molar refractivity (Wildman–Crippen MR) is 83.5 cm³/mol. The number of hydrogen-bond acceptors (Lipinski definition) is 1. The van der Waals surface area contributed by atoms with Crippen molar-refractivity contribution in [2.45, 2.75) is 19.4 Å². The van der Waals surface area contributed by atoms with E-state index in [2.05, 4.69) is 16.7 Å². The molecule has 1 unspecified atom stereocenters. The summed E-state index contributed by atoms with van der Waals surface area (Å²) >= 11 is 0. The van der Waals surface area contributed by atoms with Crippen LogP contribution in [0.4, 0.5) is 0 Å². The molecule has 2 aromatic carbocycles. The van der Waals surface area contributed by atoms with Crippen LogP contribution in [-0.2, 0) is 11.3 Å². The van der Waals surface area contributed by atoms with Gasteiger partial charge in [0.2, 0.25) is 0 Å². The largest absolute Gasteiger partial charge is 0.481 e. The Bertz CT molecular complexity index is 774. The summed E-state index contributed by atoms with van der Waals surface area (Å²) in [6.45, 7) is 2.48. The quantitative estimate of drug-likeness (QED) is 0.787. The smallest absolute Gasteiger partial charge is 0.310 e. The highest BCUT2D eigenvalue weighted by molar-refractivity contribution is 5.89. The molecule has 0 radical (unpaired) electrons. The second-order valence-electron chi connectivity index (χ2n) is 5.28. The number of para-hydroxylation sites is 1. The van der Waals surface area contributed by atoms with Crippen molar-refractivity contribution in [1.29, 1.82) is 0 Å². The first-order chi connectivity index (χ1) is 10.2. The van der Waals surface area contributed by atoms with Gasteiger partial charge in [-0.25, -0.2) is 0 Å². The zero-order chi connectivity index (χ0) is 14.8. The van der Waals surface area contributed by atoms with E-state index in [-0.39, 0.29) is 0 Å². The minimum Gasteiger partial charge on any atom is -0.481 e. The number of aromatic nitrogens is 1. The van der Waals surface area contributed by atoms with E-state index in [0.29, 0.717) is 0 Å². The van der Waals surface area contributed by atoms with Gasteiger partial charge in [0, 0.05) is 23.6 Å². The van der Waals surface area contributed by atoms with Gasteiger partial charge in [0.1, 0.15) is 0 Å². The molecule has 1 aromatic heterocycles. The van der Waals surface area contributed by atoms with Gasteiger partial charge in [-0.05, 0) is 24.1 Å². The van der Waals surface area contributed by atoms with Gasteiger partial charge in [0.25, 0.3) is 0 Å². The van der Waals surface area contributed by atoms with Gasteiger partial charge < -0.3 is 9.67 Å². The maximum absolute atomic E-state index is 11.3. The molecule has 3 rings (SSSR count). The van der Waals surface area contributed by atoms with Gasteiger partial charge in [-0.2, -0.15) is 0 Å². The van der Waals surface area contributed by atoms with Crippen LogP contribution < -0.4 is 0 Å². The third-order valence-corrected chi connectivity index (χ3v) is 3.85. The Kier molecular flexibility index (Phi) is 3.48. The molecule has 1 N–H and O–H groups in total. The molecule has 0 amide bonds. The second-order valence-corrected chi connectivity index (χ2v) is 5.28. The third-order valence-electron chi connectivity index (χ3n) is 3.85. The van der Waals surface area contributed by atoms with Gasteiger partial charge in [-0.1, -0.05) is 48.5 Å². The molecule has 0 fully saturated rings. The molecule has 3 heteroatoms. The fourth-order valence-electron chi connectivity index (χ4n) is 2.66. The van der Waals surface area contributed by atoms with Crippen molar-refractivity contribution in [3.8, 4) is 0 Å². The third kappa shape index (κ3) is 2.55. The number of rotatable bonds is 4. The molecule has 106 valence electrons. The molecular weight excluding hydrogens is 262 g/mol. The van der Waals surface area contributed by atoms with E-state index in [1.54, 1.807) is 6.92 Å². The summed E-state index contributed by atoms with van der Waals surface area (Å²) in [5, 5.41) is 10.3. The van der Waals surface area contributed by atoms with E-state index in [4.69, 9.17) is 0 Å². The Hall–Kier alpha value is -2.55. The highest BCUT2D eigenvalue weighted by Gasteiger charge is 2.19. The number of carboxylic acid groups (broad SMARTS) is 1. The first-order valence-corrected chi connectivity index (χ1v) is 7.01. The highest BCUT2D eigenvalue weighted by atomic mass is 16.4. The molecule has 1 heterocycles. The van der Waals surface area contributed by atoms with Gasteiger partial charge in [0.05, 0.1) is 5.92 Å². The molecule has 1 atom stereocenters. The Balaban J connectivity index is 2.09. The average Bonchev–Trinajstić information content (AvgIpc) is 2.86. The van der Waals surface area contributed by atoms with E-state index >= 15 is 0 Å². The molecule has 0 spiro atoms. The summed E-state index contributed by atoms with van der Waals surface area (Å²) in [7, 11) is 0. The minimum absolute atomic E-state index is 0.507. The number of nitrogens with zero attached hydrogens (tertiary/aromatic N) is 1. The van der Waals surface area contributed by atoms with Crippen molar-refractivity contribution >= 4 is 16.9 Å². The molecule has 3 nitrogen and oxygen atoms in total. The van der Waals surface area contributed by atoms with Crippen LogP contribution in [-0.4, -0.2) is 15.6 Å². The standard InChI is InChI=1S/C18H17NO2/c1-13(18(20)21)16-12-19(11-14-7-3-2-4-8-14)17-10-6-5-9-15(16)17/h2-10,12-13H,11H2,1H3,(H,20,21). The van der Waals surface area contributed by atoms with Crippen LogP contribution in [0.5, 0.6) is 0 Å². The van der Waals surface area contributed by atoms with E-state index in [9.17, 15) is 9.90 Å². The zero-order valence-electron chi connectivity index (χ0n) is 11.9. The van der Waals surface area contributed by atoms with Crippen LogP contribution in [0, 0.1) is 0 Å². The summed E-state index contributed by atoms with van der Waals surface area (Å²) < 4.78 is 2.12. The van der Waals surface area contributed by atoms with Gasteiger partial charge in [-0.15, -0.1) is 0 Å². The van der Waals surface area contributed by atoms with Crippen LogP contribution >= 0.6 is 0 Å². The predicted octanol–water partition coefficient (Wildman–Crippen LogP) is 3.88. The fraction of sp³-hybridized carbons (Fsp3) is 0.167. The van der Waals surface area contributed by atoms with Crippen molar-refractivity contribution < 1.29 is 9.90 Å². The SMILES string of the molecule is CC(C(=O)O)c1cn(Cc2ccccc2)c2ccccc12. The van der Waals surface area contributed by atoms with Crippen molar-refractivity contribution in [3.63, 3.8) is 0 Å². The van der Waals surface area contributed by atoms with Crippen molar-refractivity contribution in [2.75, 3.05) is 0 Å². The highest BCUT2D eigenvalue weighted by Crippen LogP contribution is 2.28. The lowest BCUT2D eigenvalue weighted by Crippen LogP contribution is -2.06. The van der Waals surface area contributed by atoms with Crippen molar-refractivity contribution in [2.24, 2.45) is 0 Å². The lowest BCUT2D eigenvalue weighted by molar-refractivity contribution is -0.138.